The largest absolute Gasteiger partial charge is 0.345 e. The number of nitrogens with zero attached hydrogens (tertiary/aromatic N) is 6. The van der Waals surface area contributed by atoms with Crippen molar-refractivity contribution in [2.75, 3.05) is 25.5 Å². The third kappa shape index (κ3) is 3.41. The quantitative estimate of drug-likeness (QED) is 0.869. The van der Waals surface area contributed by atoms with Crippen LogP contribution in [0.2, 0.25) is 5.28 Å². The lowest BCUT2D eigenvalue weighted by molar-refractivity contribution is -0.127. The van der Waals surface area contributed by atoms with Crippen molar-refractivity contribution in [3.63, 3.8) is 0 Å². The van der Waals surface area contributed by atoms with Crippen molar-refractivity contribution in [1.29, 1.82) is 0 Å². The molecular weight excluding hydrogens is 282 g/mol. The molecule has 0 spiro atoms. The van der Waals surface area contributed by atoms with Crippen LogP contribution in [0.15, 0.2) is 18.7 Å². The molecule has 9 heteroatoms. The van der Waals surface area contributed by atoms with E-state index in [1.807, 2.05) is 6.92 Å². The molecule has 106 valence electrons. The van der Waals surface area contributed by atoms with Crippen LogP contribution in [0.3, 0.4) is 0 Å². The average molecular weight is 296 g/mol. The van der Waals surface area contributed by atoms with E-state index in [1.165, 1.54) is 0 Å². The number of hydrogen-bond acceptors (Lipinski definition) is 6. The Morgan fingerprint density at radius 3 is 2.90 bits per heavy atom. The zero-order valence-corrected chi connectivity index (χ0v) is 11.9. The molecule has 0 saturated heterocycles. The number of hydrogen-bond donors (Lipinski definition) is 1. The second-order valence-corrected chi connectivity index (χ2v) is 4.30. The normalized spacial score (nSPS) is 10.3. The number of imidazole rings is 1. The third-order valence-electron chi connectivity index (χ3n) is 2.63. The molecule has 0 unspecified atom stereocenters. The van der Waals surface area contributed by atoms with E-state index in [9.17, 15) is 4.79 Å². The van der Waals surface area contributed by atoms with Gasteiger partial charge in [0.25, 0.3) is 0 Å². The number of aromatic nitrogens is 5. The van der Waals surface area contributed by atoms with Crippen molar-refractivity contribution in [2.24, 2.45) is 0 Å². The van der Waals surface area contributed by atoms with Gasteiger partial charge in [-0.15, -0.1) is 0 Å². The summed E-state index contributed by atoms with van der Waals surface area (Å²) in [4.78, 5) is 29.3. The molecule has 0 fully saturated rings. The second kappa shape index (κ2) is 6.29. The standard InChI is InChI=1S/C11H14ClN7O/c1-3-18(2)8(20)6-14-10-15-9(12)16-11(17-10)19-5-4-13-7-19/h4-5,7H,3,6H2,1-2H3,(H,14,15,16,17). The van der Waals surface area contributed by atoms with Crippen molar-refractivity contribution in [1.82, 2.24) is 29.4 Å². The molecule has 20 heavy (non-hydrogen) atoms. The maximum Gasteiger partial charge on any atom is 0.241 e. The fraction of sp³-hybridized carbons (Fsp3) is 0.364. The average Bonchev–Trinajstić information content (AvgIpc) is 2.97. The summed E-state index contributed by atoms with van der Waals surface area (Å²) in [5.41, 5.74) is 0. The highest BCUT2D eigenvalue weighted by Gasteiger charge is 2.10. The second-order valence-electron chi connectivity index (χ2n) is 3.96. The fourth-order valence-electron chi connectivity index (χ4n) is 1.38. The van der Waals surface area contributed by atoms with E-state index in [0.717, 1.165) is 0 Å². The lowest BCUT2D eigenvalue weighted by Gasteiger charge is -2.14. The number of amides is 1. The zero-order valence-electron chi connectivity index (χ0n) is 11.1. The first-order chi connectivity index (χ1) is 9.60. The minimum Gasteiger partial charge on any atom is -0.345 e. The monoisotopic (exact) mass is 295 g/mol. The van der Waals surface area contributed by atoms with Gasteiger partial charge in [-0.25, -0.2) is 4.98 Å². The molecule has 0 radical (unpaired) electrons. The van der Waals surface area contributed by atoms with E-state index in [1.54, 1.807) is 35.2 Å². The Hall–Kier alpha value is -2.22. The lowest BCUT2D eigenvalue weighted by atomic mass is 10.5. The minimum atomic E-state index is -0.0618. The van der Waals surface area contributed by atoms with Gasteiger partial charge >= 0.3 is 0 Å². The van der Waals surface area contributed by atoms with E-state index in [4.69, 9.17) is 11.6 Å². The Bertz CT molecular complexity index is 586. The van der Waals surface area contributed by atoms with Crippen LogP contribution in [0.25, 0.3) is 5.95 Å². The van der Waals surface area contributed by atoms with Gasteiger partial charge in [-0.2, -0.15) is 15.0 Å². The number of halogens is 1. The van der Waals surface area contributed by atoms with Gasteiger partial charge < -0.3 is 10.2 Å². The van der Waals surface area contributed by atoms with E-state index < -0.39 is 0 Å². The Balaban J connectivity index is 2.11. The smallest absolute Gasteiger partial charge is 0.241 e. The van der Waals surface area contributed by atoms with Crippen LogP contribution < -0.4 is 5.32 Å². The Morgan fingerprint density at radius 1 is 1.45 bits per heavy atom. The highest BCUT2D eigenvalue weighted by Crippen LogP contribution is 2.09. The molecular formula is C11H14ClN7O. The summed E-state index contributed by atoms with van der Waals surface area (Å²) in [6.45, 7) is 2.63. The summed E-state index contributed by atoms with van der Waals surface area (Å²) in [5.74, 6) is 0.515. The van der Waals surface area contributed by atoms with E-state index in [2.05, 4.69) is 25.3 Å². The van der Waals surface area contributed by atoms with Gasteiger partial charge in [-0.05, 0) is 18.5 Å². The summed E-state index contributed by atoms with van der Waals surface area (Å²) in [6, 6.07) is 0. The number of nitrogens with one attached hydrogen (secondary N) is 1. The van der Waals surface area contributed by atoms with Crippen molar-refractivity contribution in [2.45, 2.75) is 6.92 Å². The number of anilines is 1. The number of likely N-dealkylation sites (N-methyl/N-ethyl adjacent to an activating group) is 1. The van der Waals surface area contributed by atoms with E-state index in [-0.39, 0.29) is 23.7 Å². The summed E-state index contributed by atoms with van der Waals surface area (Å²) in [6.07, 6.45) is 4.83. The summed E-state index contributed by atoms with van der Waals surface area (Å²) in [7, 11) is 1.72. The molecule has 1 N–H and O–H groups in total. The molecule has 8 nitrogen and oxygen atoms in total. The Kier molecular flexibility index (Phi) is 4.46. The number of rotatable bonds is 5. The predicted molar refractivity (Wildman–Crippen MR) is 73.8 cm³/mol. The van der Waals surface area contributed by atoms with Gasteiger partial charge in [-0.3, -0.25) is 9.36 Å². The molecule has 0 bridgehead atoms. The van der Waals surface area contributed by atoms with Crippen LogP contribution in [-0.2, 0) is 4.79 Å². The molecule has 0 aliphatic carbocycles. The summed E-state index contributed by atoms with van der Waals surface area (Å²) >= 11 is 5.84. The first-order valence-corrected chi connectivity index (χ1v) is 6.35. The molecule has 0 aromatic carbocycles. The highest BCUT2D eigenvalue weighted by molar-refractivity contribution is 6.28. The molecule has 2 heterocycles. The molecule has 0 aliphatic heterocycles. The van der Waals surface area contributed by atoms with E-state index in [0.29, 0.717) is 12.5 Å². The first-order valence-electron chi connectivity index (χ1n) is 5.98. The molecule has 0 atom stereocenters. The van der Waals surface area contributed by atoms with Crippen LogP contribution in [0.4, 0.5) is 5.95 Å². The number of carbonyl (C=O) groups is 1. The maximum atomic E-state index is 11.7. The van der Waals surface area contributed by atoms with Gasteiger partial charge in [0.05, 0.1) is 6.54 Å². The van der Waals surface area contributed by atoms with E-state index >= 15 is 0 Å². The van der Waals surface area contributed by atoms with Gasteiger partial charge in [0.1, 0.15) is 6.33 Å². The predicted octanol–water partition coefficient (Wildman–Crippen LogP) is 0.601. The third-order valence-corrected chi connectivity index (χ3v) is 2.80. The van der Waals surface area contributed by atoms with Crippen molar-refractivity contribution < 1.29 is 4.79 Å². The van der Waals surface area contributed by atoms with Crippen LogP contribution >= 0.6 is 11.6 Å². The molecule has 2 aromatic rings. The molecule has 1 amide bonds. The molecule has 2 aromatic heterocycles. The number of carbonyl (C=O) groups excluding carboxylic acids is 1. The highest BCUT2D eigenvalue weighted by atomic mass is 35.5. The van der Waals surface area contributed by atoms with Crippen molar-refractivity contribution >= 4 is 23.5 Å². The Morgan fingerprint density at radius 2 is 2.25 bits per heavy atom. The summed E-state index contributed by atoms with van der Waals surface area (Å²) < 4.78 is 1.60. The lowest BCUT2D eigenvalue weighted by Crippen LogP contribution is -2.32. The van der Waals surface area contributed by atoms with Crippen LogP contribution in [0.5, 0.6) is 0 Å². The van der Waals surface area contributed by atoms with Crippen LogP contribution in [-0.4, -0.2) is 55.4 Å². The van der Waals surface area contributed by atoms with Crippen LogP contribution in [0, 0.1) is 0 Å². The van der Waals surface area contributed by atoms with Gasteiger partial charge in [-0.1, -0.05) is 0 Å². The van der Waals surface area contributed by atoms with Gasteiger partial charge in [0.15, 0.2) is 0 Å². The van der Waals surface area contributed by atoms with Crippen molar-refractivity contribution in [3.05, 3.63) is 24.0 Å². The van der Waals surface area contributed by atoms with Crippen molar-refractivity contribution in [3.8, 4) is 5.95 Å². The molecule has 2 rings (SSSR count). The fourth-order valence-corrected chi connectivity index (χ4v) is 1.53. The Labute approximate surface area is 120 Å². The minimum absolute atomic E-state index is 0.0440. The molecule has 0 saturated carbocycles. The van der Waals surface area contributed by atoms with Gasteiger partial charge in [0.2, 0.25) is 23.1 Å². The topological polar surface area (TPSA) is 88.8 Å². The SMILES string of the molecule is CCN(C)C(=O)CNc1nc(Cl)nc(-n2ccnc2)n1. The first kappa shape index (κ1) is 14.2. The van der Waals surface area contributed by atoms with Crippen LogP contribution in [0.1, 0.15) is 6.92 Å². The zero-order chi connectivity index (χ0) is 14.5. The summed E-state index contributed by atoms with van der Waals surface area (Å²) in [5, 5.41) is 2.88. The maximum absolute atomic E-state index is 11.7. The van der Waals surface area contributed by atoms with Gasteiger partial charge in [0, 0.05) is 26.0 Å². The molecule has 0 aliphatic rings.